The highest BCUT2D eigenvalue weighted by Crippen LogP contribution is 2.42. The standard InChI is InChI=1S/C23H28BrN5O/c1-15-12-16(6-9-20(15)24)19-13-21(19)26-23(30)29(17-7-8-17)18-4-3-11-28(14-18)22-5-2-10-25-27-22/h2,5-6,9-10,12,17-19,21H,3-4,7-8,11,13-14H2,1H3,(H,26,30). The molecule has 6 nitrogen and oxygen atoms in total. The van der Waals surface area contributed by atoms with Gasteiger partial charge in [0.1, 0.15) is 0 Å². The molecule has 2 aromatic rings. The summed E-state index contributed by atoms with van der Waals surface area (Å²) in [6.45, 7) is 3.93. The molecule has 0 spiro atoms. The zero-order chi connectivity index (χ0) is 20.7. The average molecular weight is 470 g/mol. The van der Waals surface area contributed by atoms with Crippen LogP contribution in [0.3, 0.4) is 0 Å². The van der Waals surface area contributed by atoms with E-state index in [1.54, 1.807) is 6.20 Å². The molecule has 30 heavy (non-hydrogen) atoms. The maximum absolute atomic E-state index is 13.3. The van der Waals surface area contributed by atoms with Crippen molar-refractivity contribution >= 4 is 27.8 Å². The van der Waals surface area contributed by atoms with Crippen LogP contribution in [0.1, 0.15) is 49.1 Å². The summed E-state index contributed by atoms with van der Waals surface area (Å²) in [5.74, 6) is 1.34. The first-order valence-electron chi connectivity index (χ1n) is 11.0. The molecule has 2 saturated carbocycles. The van der Waals surface area contributed by atoms with E-state index in [0.29, 0.717) is 12.0 Å². The SMILES string of the molecule is Cc1cc(C2CC2NC(=O)N(C2CC2)C2CCCN(c3cccnn3)C2)ccc1Br. The Morgan fingerprint density at radius 1 is 1.23 bits per heavy atom. The lowest BCUT2D eigenvalue weighted by Crippen LogP contribution is -2.54. The summed E-state index contributed by atoms with van der Waals surface area (Å²) < 4.78 is 1.14. The van der Waals surface area contributed by atoms with Crippen LogP contribution >= 0.6 is 15.9 Å². The van der Waals surface area contributed by atoms with Gasteiger partial charge in [0.25, 0.3) is 0 Å². The molecule has 0 bridgehead atoms. The van der Waals surface area contributed by atoms with Crippen molar-refractivity contribution in [2.75, 3.05) is 18.0 Å². The van der Waals surface area contributed by atoms with Gasteiger partial charge in [-0.1, -0.05) is 28.1 Å². The van der Waals surface area contributed by atoms with E-state index in [0.717, 1.165) is 55.5 Å². The normalized spacial score (nSPS) is 25.7. The summed E-state index contributed by atoms with van der Waals surface area (Å²) in [6.07, 6.45) is 7.10. The second kappa shape index (κ2) is 8.17. The van der Waals surface area contributed by atoms with Crippen LogP contribution in [0.5, 0.6) is 0 Å². The molecular formula is C23H28BrN5O. The van der Waals surface area contributed by atoms with Gasteiger partial charge in [0.05, 0.1) is 6.04 Å². The Bertz CT molecular complexity index is 919. The zero-order valence-corrected chi connectivity index (χ0v) is 18.9. The molecular weight excluding hydrogens is 442 g/mol. The number of urea groups is 1. The second-order valence-electron chi connectivity index (χ2n) is 8.87. The van der Waals surface area contributed by atoms with Crippen LogP contribution < -0.4 is 10.2 Å². The molecule has 3 aliphatic rings. The summed E-state index contributed by atoms with van der Waals surface area (Å²) in [5, 5.41) is 11.6. The van der Waals surface area contributed by atoms with Crippen LogP contribution in [0.25, 0.3) is 0 Å². The minimum atomic E-state index is 0.116. The van der Waals surface area contributed by atoms with Gasteiger partial charge < -0.3 is 15.1 Å². The second-order valence-corrected chi connectivity index (χ2v) is 9.72. The maximum Gasteiger partial charge on any atom is 0.318 e. The number of hydrogen-bond acceptors (Lipinski definition) is 4. The Morgan fingerprint density at radius 2 is 2.10 bits per heavy atom. The number of carbonyl (C=O) groups excluding carboxylic acids is 1. The van der Waals surface area contributed by atoms with Crippen molar-refractivity contribution in [1.29, 1.82) is 0 Å². The molecule has 1 aliphatic heterocycles. The van der Waals surface area contributed by atoms with Crippen molar-refractivity contribution in [3.63, 3.8) is 0 Å². The monoisotopic (exact) mass is 469 g/mol. The number of anilines is 1. The zero-order valence-electron chi connectivity index (χ0n) is 17.3. The molecule has 0 radical (unpaired) electrons. The summed E-state index contributed by atoms with van der Waals surface area (Å²) in [6, 6.07) is 11.4. The van der Waals surface area contributed by atoms with E-state index in [1.807, 2.05) is 12.1 Å². The quantitative estimate of drug-likeness (QED) is 0.710. The Balaban J connectivity index is 1.24. The van der Waals surface area contributed by atoms with Crippen LogP contribution in [0.4, 0.5) is 10.6 Å². The highest BCUT2D eigenvalue weighted by Gasteiger charge is 2.44. The van der Waals surface area contributed by atoms with Gasteiger partial charge in [0, 0.05) is 41.8 Å². The number of piperidine rings is 1. The third-order valence-electron chi connectivity index (χ3n) is 6.56. The minimum Gasteiger partial charge on any atom is -0.353 e. The highest BCUT2D eigenvalue weighted by molar-refractivity contribution is 9.10. The fourth-order valence-electron chi connectivity index (χ4n) is 4.69. The van der Waals surface area contributed by atoms with E-state index >= 15 is 0 Å². The maximum atomic E-state index is 13.3. The van der Waals surface area contributed by atoms with Crippen molar-refractivity contribution in [3.8, 4) is 0 Å². The third kappa shape index (κ3) is 4.17. The fourth-order valence-corrected chi connectivity index (χ4v) is 4.94. The molecule has 2 amide bonds. The van der Waals surface area contributed by atoms with Crippen LogP contribution in [0, 0.1) is 6.92 Å². The molecule has 1 saturated heterocycles. The fraction of sp³-hybridized carbons (Fsp3) is 0.522. The van der Waals surface area contributed by atoms with Gasteiger partial charge in [-0.05, 0) is 68.4 Å². The Hall–Kier alpha value is -2.15. The van der Waals surface area contributed by atoms with Gasteiger partial charge in [-0.15, -0.1) is 5.10 Å². The lowest BCUT2D eigenvalue weighted by atomic mass is 10.0. The molecule has 2 aliphatic carbocycles. The van der Waals surface area contributed by atoms with E-state index in [9.17, 15) is 4.79 Å². The van der Waals surface area contributed by atoms with E-state index in [2.05, 4.69) is 66.4 Å². The average Bonchev–Trinajstić information content (AvgIpc) is 3.68. The van der Waals surface area contributed by atoms with Gasteiger partial charge in [-0.3, -0.25) is 0 Å². The van der Waals surface area contributed by atoms with Gasteiger partial charge in [0.15, 0.2) is 5.82 Å². The van der Waals surface area contributed by atoms with Crippen LogP contribution in [-0.4, -0.2) is 52.3 Å². The number of aryl methyl sites for hydroxylation is 1. The van der Waals surface area contributed by atoms with Crippen molar-refractivity contribution in [2.24, 2.45) is 0 Å². The lowest BCUT2D eigenvalue weighted by Gasteiger charge is -2.40. The van der Waals surface area contributed by atoms with Gasteiger partial charge in [0.2, 0.25) is 0 Å². The number of nitrogens with zero attached hydrogens (tertiary/aromatic N) is 4. The number of carbonyl (C=O) groups is 1. The summed E-state index contributed by atoms with van der Waals surface area (Å²) in [4.78, 5) is 17.7. The first-order chi connectivity index (χ1) is 14.6. The summed E-state index contributed by atoms with van der Waals surface area (Å²) in [5.41, 5.74) is 2.57. The number of aromatic nitrogens is 2. The molecule has 7 heteroatoms. The number of rotatable bonds is 5. The predicted molar refractivity (Wildman–Crippen MR) is 121 cm³/mol. The van der Waals surface area contributed by atoms with E-state index in [-0.39, 0.29) is 18.1 Å². The third-order valence-corrected chi connectivity index (χ3v) is 7.45. The molecule has 3 atom stereocenters. The molecule has 3 unspecified atom stereocenters. The molecule has 3 fully saturated rings. The largest absolute Gasteiger partial charge is 0.353 e. The molecule has 1 aromatic carbocycles. The molecule has 158 valence electrons. The Morgan fingerprint density at radius 3 is 2.83 bits per heavy atom. The molecule has 1 N–H and O–H groups in total. The van der Waals surface area contributed by atoms with Crippen LogP contribution in [-0.2, 0) is 0 Å². The van der Waals surface area contributed by atoms with E-state index < -0.39 is 0 Å². The van der Waals surface area contributed by atoms with Crippen molar-refractivity contribution < 1.29 is 4.79 Å². The van der Waals surface area contributed by atoms with E-state index in [4.69, 9.17) is 0 Å². The van der Waals surface area contributed by atoms with Crippen molar-refractivity contribution in [1.82, 2.24) is 20.4 Å². The predicted octanol–water partition coefficient (Wildman–Crippen LogP) is 4.25. The van der Waals surface area contributed by atoms with Gasteiger partial charge in [-0.2, -0.15) is 5.10 Å². The Kier molecular flexibility index (Phi) is 5.39. The minimum absolute atomic E-state index is 0.116. The van der Waals surface area contributed by atoms with E-state index in [1.165, 1.54) is 11.1 Å². The molecule has 2 heterocycles. The summed E-state index contributed by atoms with van der Waals surface area (Å²) >= 11 is 3.57. The molecule has 5 rings (SSSR count). The topological polar surface area (TPSA) is 61.4 Å². The lowest BCUT2D eigenvalue weighted by molar-refractivity contribution is 0.160. The van der Waals surface area contributed by atoms with Crippen LogP contribution in [0.2, 0.25) is 0 Å². The molecule has 1 aromatic heterocycles. The number of amides is 2. The highest BCUT2D eigenvalue weighted by atomic mass is 79.9. The first-order valence-corrected chi connectivity index (χ1v) is 11.8. The van der Waals surface area contributed by atoms with Gasteiger partial charge >= 0.3 is 6.03 Å². The van der Waals surface area contributed by atoms with Crippen molar-refractivity contribution in [2.45, 2.75) is 63.1 Å². The van der Waals surface area contributed by atoms with Crippen molar-refractivity contribution in [3.05, 3.63) is 52.1 Å². The Labute approximate surface area is 186 Å². The smallest absolute Gasteiger partial charge is 0.318 e. The van der Waals surface area contributed by atoms with Gasteiger partial charge in [-0.25, -0.2) is 4.79 Å². The number of benzene rings is 1. The first kappa shape index (κ1) is 19.8. The number of nitrogens with one attached hydrogen (secondary N) is 1. The summed E-state index contributed by atoms with van der Waals surface area (Å²) in [7, 11) is 0. The number of halogens is 1. The van der Waals surface area contributed by atoms with Crippen LogP contribution in [0.15, 0.2) is 41.0 Å². The number of hydrogen-bond donors (Lipinski definition) is 1.